The van der Waals surface area contributed by atoms with E-state index in [-0.39, 0.29) is 12.5 Å². The average Bonchev–Trinajstić information content (AvgIpc) is 3.10. The summed E-state index contributed by atoms with van der Waals surface area (Å²) < 4.78 is 5.59. The average molecular weight is 469 g/mol. The molecule has 0 saturated heterocycles. The largest absolute Gasteiger partial charge is 0.479 e. The second-order valence-electron chi connectivity index (χ2n) is 9.95. The highest BCUT2D eigenvalue weighted by Gasteiger charge is 2.48. The number of carboxylic acids is 1. The molecule has 34 heavy (non-hydrogen) atoms. The van der Waals surface area contributed by atoms with Gasteiger partial charge in [-0.3, -0.25) is 4.79 Å². The number of ether oxygens (including phenoxy) is 1. The fourth-order valence-electron chi connectivity index (χ4n) is 3.90. The van der Waals surface area contributed by atoms with Crippen molar-refractivity contribution in [2.75, 3.05) is 13.2 Å². The van der Waals surface area contributed by atoms with Crippen LogP contribution in [0.25, 0.3) is 11.1 Å². The number of fused-ring (bicyclic) bond motifs is 3. The summed E-state index contributed by atoms with van der Waals surface area (Å²) in [5, 5.41) is 23.9. The summed E-state index contributed by atoms with van der Waals surface area (Å²) in [6.45, 7) is 7.07. The zero-order chi connectivity index (χ0) is 25.3. The van der Waals surface area contributed by atoms with Gasteiger partial charge in [-0.2, -0.15) is 0 Å². The number of aliphatic carboxylic acids is 1. The number of carboxylic acid groups (broad SMARTS) is 1. The van der Waals surface area contributed by atoms with Crippen molar-refractivity contribution >= 4 is 18.0 Å². The summed E-state index contributed by atoms with van der Waals surface area (Å²) in [7, 11) is 0. The van der Waals surface area contributed by atoms with Crippen molar-refractivity contribution < 1.29 is 29.3 Å². The molecule has 0 heterocycles. The van der Waals surface area contributed by atoms with Crippen molar-refractivity contribution in [1.82, 2.24) is 10.6 Å². The van der Waals surface area contributed by atoms with Crippen LogP contribution in [-0.4, -0.2) is 52.5 Å². The van der Waals surface area contributed by atoms with Crippen molar-refractivity contribution in [2.45, 2.75) is 51.6 Å². The van der Waals surface area contributed by atoms with Crippen molar-refractivity contribution in [2.24, 2.45) is 5.41 Å². The quantitative estimate of drug-likeness (QED) is 0.471. The molecule has 3 rings (SSSR count). The number of carbonyl (C=O) groups is 3. The topological polar surface area (TPSA) is 125 Å². The van der Waals surface area contributed by atoms with Crippen LogP contribution in [0.5, 0.6) is 0 Å². The van der Waals surface area contributed by atoms with Gasteiger partial charge in [0.15, 0.2) is 5.54 Å². The minimum absolute atomic E-state index is 0.0987. The van der Waals surface area contributed by atoms with Crippen LogP contribution in [-0.2, 0) is 14.3 Å². The predicted molar refractivity (Wildman–Crippen MR) is 127 cm³/mol. The van der Waals surface area contributed by atoms with Gasteiger partial charge in [-0.25, -0.2) is 9.59 Å². The third kappa shape index (κ3) is 4.50. The van der Waals surface area contributed by atoms with Gasteiger partial charge in [-0.15, -0.1) is 0 Å². The zero-order valence-electron chi connectivity index (χ0n) is 20.1. The minimum atomic E-state index is -1.84. The first-order chi connectivity index (χ1) is 15.8. The van der Waals surface area contributed by atoms with E-state index in [0.29, 0.717) is 0 Å². The van der Waals surface area contributed by atoms with Gasteiger partial charge in [0.1, 0.15) is 6.61 Å². The highest BCUT2D eigenvalue weighted by atomic mass is 16.5. The lowest BCUT2D eigenvalue weighted by atomic mass is 9.73. The number of alkyl carbamates (subject to hydrolysis) is 1. The molecule has 1 unspecified atom stereocenters. The van der Waals surface area contributed by atoms with Crippen LogP contribution >= 0.6 is 0 Å². The summed E-state index contributed by atoms with van der Waals surface area (Å²) in [5.74, 6) is -2.09. The fraction of sp³-hybridized carbons (Fsp3) is 0.423. The summed E-state index contributed by atoms with van der Waals surface area (Å²) >= 11 is 0. The lowest BCUT2D eigenvalue weighted by Gasteiger charge is -2.42. The third-order valence-corrected chi connectivity index (χ3v) is 7.07. The molecular formula is C26H32N2O6. The number of hydrogen-bond acceptors (Lipinski definition) is 5. The molecule has 2 amide bonds. The lowest BCUT2D eigenvalue weighted by Crippen LogP contribution is -2.64. The van der Waals surface area contributed by atoms with Gasteiger partial charge >= 0.3 is 12.1 Å². The molecule has 1 atom stereocenters. The first-order valence-corrected chi connectivity index (χ1v) is 11.1. The van der Waals surface area contributed by atoms with Crippen molar-refractivity contribution in [1.29, 1.82) is 0 Å². The van der Waals surface area contributed by atoms with E-state index < -0.39 is 41.1 Å². The second-order valence-corrected chi connectivity index (χ2v) is 9.95. The standard InChI is InChI=1S/C26H32N2O6/c1-24(2,21(30)27-26(5,15-29)22(31)32)25(3,4)28-23(33)34-14-20-18-12-8-6-10-16(18)17-11-7-9-13-19(17)20/h6-13,20,29H,14-15H2,1-5H3,(H,27,30)(H,28,33)(H,31,32). The molecular weight excluding hydrogens is 436 g/mol. The van der Waals surface area contributed by atoms with Crippen LogP contribution < -0.4 is 10.6 Å². The van der Waals surface area contributed by atoms with E-state index in [1.807, 2.05) is 36.4 Å². The molecule has 0 bridgehead atoms. The van der Waals surface area contributed by atoms with Crippen LogP contribution in [0.4, 0.5) is 4.79 Å². The SMILES string of the molecule is CC(CO)(NC(=O)C(C)(C)C(C)(C)NC(=O)OCC1c2ccccc2-c2ccccc21)C(=O)O. The molecule has 0 spiro atoms. The number of rotatable bonds is 8. The number of nitrogens with one attached hydrogen (secondary N) is 2. The Hall–Kier alpha value is -3.39. The van der Waals surface area contributed by atoms with Crippen LogP contribution in [0.3, 0.4) is 0 Å². The van der Waals surface area contributed by atoms with Crippen molar-refractivity contribution in [3.05, 3.63) is 59.7 Å². The lowest BCUT2D eigenvalue weighted by molar-refractivity contribution is -0.151. The number of hydrogen-bond donors (Lipinski definition) is 4. The molecule has 0 aliphatic heterocycles. The first-order valence-electron chi connectivity index (χ1n) is 11.1. The minimum Gasteiger partial charge on any atom is -0.479 e. The Balaban J connectivity index is 1.69. The van der Waals surface area contributed by atoms with Crippen LogP contribution in [0.2, 0.25) is 0 Å². The highest BCUT2D eigenvalue weighted by Crippen LogP contribution is 2.44. The molecule has 182 valence electrons. The Bertz CT molecular complexity index is 1060. The fourth-order valence-corrected chi connectivity index (χ4v) is 3.90. The van der Waals surface area contributed by atoms with E-state index in [4.69, 9.17) is 4.74 Å². The summed E-state index contributed by atoms with van der Waals surface area (Å²) in [6.07, 6.45) is -0.684. The van der Waals surface area contributed by atoms with E-state index in [0.717, 1.165) is 22.3 Å². The van der Waals surface area contributed by atoms with E-state index >= 15 is 0 Å². The normalized spacial score (nSPS) is 15.0. The number of aliphatic hydroxyl groups is 1. The highest BCUT2D eigenvalue weighted by molar-refractivity contribution is 5.90. The van der Waals surface area contributed by atoms with Crippen LogP contribution in [0.1, 0.15) is 51.7 Å². The number of aliphatic hydroxyl groups excluding tert-OH is 1. The molecule has 1 aliphatic rings. The molecule has 0 saturated carbocycles. The van der Waals surface area contributed by atoms with Gasteiger partial charge in [-0.1, -0.05) is 48.5 Å². The molecule has 0 fully saturated rings. The maximum absolute atomic E-state index is 12.9. The van der Waals surface area contributed by atoms with E-state index in [1.165, 1.54) is 6.92 Å². The summed E-state index contributed by atoms with van der Waals surface area (Å²) in [6, 6.07) is 16.0. The van der Waals surface area contributed by atoms with E-state index in [1.54, 1.807) is 27.7 Å². The molecule has 4 N–H and O–H groups in total. The third-order valence-electron chi connectivity index (χ3n) is 7.07. The van der Waals surface area contributed by atoms with Crippen LogP contribution in [0, 0.1) is 5.41 Å². The van der Waals surface area contributed by atoms with Gasteiger partial charge in [-0.05, 0) is 56.9 Å². The number of carbonyl (C=O) groups excluding carboxylic acids is 2. The molecule has 1 aliphatic carbocycles. The molecule has 2 aromatic rings. The Morgan fingerprint density at radius 3 is 1.85 bits per heavy atom. The Labute approximate surface area is 199 Å². The van der Waals surface area contributed by atoms with Gasteiger partial charge in [0.05, 0.1) is 17.6 Å². The van der Waals surface area contributed by atoms with Gasteiger partial charge in [0.2, 0.25) is 5.91 Å². The van der Waals surface area contributed by atoms with E-state index in [9.17, 15) is 24.6 Å². The van der Waals surface area contributed by atoms with Crippen molar-refractivity contribution in [3.8, 4) is 11.1 Å². The first kappa shape index (κ1) is 25.2. The monoisotopic (exact) mass is 468 g/mol. The van der Waals surface area contributed by atoms with Crippen molar-refractivity contribution in [3.63, 3.8) is 0 Å². The van der Waals surface area contributed by atoms with Gasteiger partial charge in [0, 0.05) is 5.92 Å². The molecule has 0 aromatic heterocycles. The summed E-state index contributed by atoms with van der Waals surface area (Å²) in [4.78, 5) is 37.2. The van der Waals surface area contributed by atoms with Gasteiger partial charge in [0.25, 0.3) is 0 Å². The Kier molecular flexibility index (Phi) is 6.75. The maximum Gasteiger partial charge on any atom is 0.407 e. The molecule has 2 aromatic carbocycles. The predicted octanol–water partition coefficient (Wildman–Crippen LogP) is 3.28. The number of benzene rings is 2. The Morgan fingerprint density at radius 2 is 1.38 bits per heavy atom. The maximum atomic E-state index is 12.9. The molecule has 8 heteroatoms. The molecule has 8 nitrogen and oxygen atoms in total. The molecule has 0 radical (unpaired) electrons. The second kappa shape index (κ2) is 9.10. The van der Waals surface area contributed by atoms with Gasteiger partial charge < -0.3 is 25.6 Å². The van der Waals surface area contributed by atoms with E-state index in [2.05, 4.69) is 22.8 Å². The Morgan fingerprint density at radius 1 is 0.882 bits per heavy atom. The summed E-state index contributed by atoms with van der Waals surface area (Å²) in [5.41, 5.74) is 0.249. The van der Waals surface area contributed by atoms with Crippen LogP contribution in [0.15, 0.2) is 48.5 Å². The zero-order valence-corrected chi connectivity index (χ0v) is 20.1. The smallest absolute Gasteiger partial charge is 0.407 e. The number of amides is 2.